The van der Waals surface area contributed by atoms with E-state index in [1.165, 1.54) is 60.7 Å². The lowest BCUT2D eigenvalue weighted by atomic mass is 9.80. The summed E-state index contributed by atoms with van der Waals surface area (Å²) < 4.78 is 13.5. The molecule has 66 heavy (non-hydrogen) atoms. The lowest BCUT2D eigenvalue weighted by Crippen LogP contribution is -2.15. The monoisotopic (exact) mass is 843 g/mol. The molecule has 0 aliphatic heterocycles. The molecule has 310 valence electrons. The maximum Gasteiger partial charge on any atom is 0.143 e. The molecule has 0 N–H and O–H groups in total. The minimum absolute atomic E-state index is 0.217. The zero-order valence-corrected chi connectivity index (χ0v) is 36.5. The second-order valence-corrected chi connectivity index (χ2v) is 18.4. The largest absolute Gasteiger partial charge is 0.455 e. The SMILES string of the molecule is CC1(C)c2ccc(N(c3ccc4oc5c6ccccc6c(-c6ccccc6)cc5c4c3)c3ccc4ccc5c6ccccc6oc5c4c3)cc2-c2c1cc(-c1ccccc1)c1ccccc21. The molecule has 14 rings (SSSR count). The Bertz CT molecular complexity index is 4140. The van der Waals surface area contributed by atoms with Crippen molar-refractivity contribution in [3.8, 4) is 33.4 Å². The van der Waals surface area contributed by atoms with Gasteiger partial charge in [-0.25, -0.2) is 0 Å². The molecule has 3 nitrogen and oxygen atoms in total. The Morgan fingerprint density at radius 1 is 0.333 bits per heavy atom. The summed E-state index contributed by atoms with van der Waals surface area (Å²) in [5, 5.41) is 11.4. The average Bonchev–Trinajstić information content (AvgIpc) is 4.01. The Morgan fingerprint density at radius 3 is 1.59 bits per heavy atom. The Kier molecular flexibility index (Phi) is 7.74. The number of benzene rings is 11. The van der Waals surface area contributed by atoms with Crippen LogP contribution in [-0.2, 0) is 5.41 Å². The van der Waals surface area contributed by atoms with Gasteiger partial charge in [0.2, 0.25) is 0 Å². The van der Waals surface area contributed by atoms with Crippen LogP contribution in [0.4, 0.5) is 17.1 Å². The van der Waals surface area contributed by atoms with E-state index in [1.54, 1.807) is 0 Å². The average molecular weight is 844 g/mol. The molecule has 0 spiro atoms. The summed E-state index contributed by atoms with van der Waals surface area (Å²) in [6.07, 6.45) is 0. The molecule has 1 aliphatic carbocycles. The maximum absolute atomic E-state index is 6.81. The smallest absolute Gasteiger partial charge is 0.143 e. The zero-order chi connectivity index (χ0) is 43.7. The molecule has 13 aromatic rings. The highest BCUT2D eigenvalue weighted by Gasteiger charge is 2.38. The van der Waals surface area contributed by atoms with Gasteiger partial charge < -0.3 is 13.7 Å². The van der Waals surface area contributed by atoms with Crippen LogP contribution in [0.2, 0.25) is 0 Å². The summed E-state index contributed by atoms with van der Waals surface area (Å²) >= 11 is 0. The fourth-order valence-electron chi connectivity index (χ4n) is 11.2. The Balaban J connectivity index is 1.03. The lowest BCUT2D eigenvalue weighted by Gasteiger charge is -2.27. The maximum atomic E-state index is 6.81. The molecule has 0 radical (unpaired) electrons. The molecule has 0 saturated heterocycles. The van der Waals surface area contributed by atoms with Crippen LogP contribution in [0.15, 0.2) is 221 Å². The zero-order valence-electron chi connectivity index (χ0n) is 36.5. The molecule has 1 aliphatic rings. The highest BCUT2D eigenvalue weighted by Crippen LogP contribution is 2.55. The first-order valence-corrected chi connectivity index (χ1v) is 22.8. The second-order valence-electron chi connectivity index (χ2n) is 18.4. The molecular weight excluding hydrogens is 803 g/mol. The summed E-state index contributed by atoms with van der Waals surface area (Å²) in [4.78, 5) is 2.42. The van der Waals surface area contributed by atoms with Gasteiger partial charge in [0.25, 0.3) is 0 Å². The normalized spacial score (nSPS) is 13.1. The molecule has 3 heteroatoms. The van der Waals surface area contributed by atoms with Crippen LogP contribution in [-0.4, -0.2) is 0 Å². The molecule has 0 fully saturated rings. The second kappa shape index (κ2) is 13.8. The van der Waals surface area contributed by atoms with Gasteiger partial charge in [-0.15, -0.1) is 0 Å². The molecule has 2 aromatic heterocycles. The van der Waals surface area contributed by atoms with Gasteiger partial charge in [0.15, 0.2) is 0 Å². The molecule has 11 aromatic carbocycles. The molecule has 0 bridgehead atoms. The quantitative estimate of drug-likeness (QED) is 0.173. The highest BCUT2D eigenvalue weighted by molar-refractivity contribution is 6.20. The third-order valence-electron chi connectivity index (χ3n) is 14.4. The van der Waals surface area contributed by atoms with Crippen LogP contribution in [0.3, 0.4) is 0 Å². The van der Waals surface area contributed by atoms with Crippen molar-refractivity contribution < 1.29 is 8.83 Å². The molecule has 0 saturated carbocycles. The van der Waals surface area contributed by atoms with Crippen LogP contribution in [0.1, 0.15) is 25.0 Å². The van der Waals surface area contributed by atoms with Crippen LogP contribution < -0.4 is 4.90 Å². The van der Waals surface area contributed by atoms with Crippen molar-refractivity contribution in [2.75, 3.05) is 4.90 Å². The van der Waals surface area contributed by atoms with E-state index in [-0.39, 0.29) is 5.41 Å². The predicted molar refractivity (Wildman–Crippen MR) is 277 cm³/mol. The molecule has 0 amide bonds. The van der Waals surface area contributed by atoms with E-state index in [2.05, 4.69) is 225 Å². The summed E-state index contributed by atoms with van der Waals surface area (Å²) in [6, 6.07) is 77.2. The fourth-order valence-corrected chi connectivity index (χ4v) is 11.2. The van der Waals surface area contributed by atoms with E-state index in [4.69, 9.17) is 8.83 Å². The molecule has 0 unspecified atom stereocenters. The van der Waals surface area contributed by atoms with E-state index in [0.29, 0.717) is 0 Å². The van der Waals surface area contributed by atoms with Gasteiger partial charge in [-0.05, 0) is 133 Å². The van der Waals surface area contributed by atoms with Crippen molar-refractivity contribution in [3.05, 3.63) is 223 Å². The first-order chi connectivity index (χ1) is 32.5. The van der Waals surface area contributed by atoms with Crippen LogP contribution in [0.5, 0.6) is 0 Å². The molecular formula is C63H41NO2. The van der Waals surface area contributed by atoms with Gasteiger partial charge >= 0.3 is 0 Å². The van der Waals surface area contributed by atoms with Crippen LogP contribution in [0, 0.1) is 0 Å². The van der Waals surface area contributed by atoms with Crippen LogP contribution >= 0.6 is 0 Å². The van der Waals surface area contributed by atoms with E-state index in [1.807, 2.05) is 6.07 Å². The number of fused-ring (bicyclic) bond motifs is 15. The fraction of sp³-hybridized carbons (Fsp3) is 0.0476. The van der Waals surface area contributed by atoms with Gasteiger partial charge in [-0.1, -0.05) is 159 Å². The number of furan rings is 2. The Labute approximate surface area is 381 Å². The topological polar surface area (TPSA) is 29.5 Å². The van der Waals surface area contributed by atoms with Crippen molar-refractivity contribution in [1.29, 1.82) is 0 Å². The minimum atomic E-state index is -0.217. The van der Waals surface area contributed by atoms with Gasteiger partial charge in [0.1, 0.15) is 22.3 Å². The van der Waals surface area contributed by atoms with E-state index >= 15 is 0 Å². The summed E-state index contributed by atoms with van der Waals surface area (Å²) in [5.41, 5.74) is 16.6. The van der Waals surface area contributed by atoms with Crippen molar-refractivity contribution in [2.24, 2.45) is 0 Å². The number of hydrogen-bond donors (Lipinski definition) is 0. The third-order valence-corrected chi connectivity index (χ3v) is 14.4. The summed E-state index contributed by atoms with van der Waals surface area (Å²) in [6.45, 7) is 4.76. The van der Waals surface area contributed by atoms with E-state index in [0.717, 1.165) is 77.1 Å². The minimum Gasteiger partial charge on any atom is -0.455 e. The third kappa shape index (κ3) is 5.31. The lowest BCUT2D eigenvalue weighted by molar-refractivity contribution is 0.661. The van der Waals surface area contributed by atoms with E-state index < -0.39 is 0 Å². The number of para-hydroxylation sites is 1. The number of anilines is 3. The van der Waals surface area contributed by atoms with Gasteiger partial charge in [-0.3, -0.25) is 0 Å². The van der Waals surface area contributed by atoms with Crippen molar-refractivity contribution >= 4 is 93.3 Å². The molecule has 0 atom stereocenters. The summed E-state index contributed by atoms with van der Waals surface area (Å²) in [7, 11) is 0. The van der Waals surface area contributed by atoms with Gasteiger partial charge in [0, 0.05) is 54.8 Å². The first kappa shape index (κ1) is 37.0. The van der Waals surface area contributed by atoms with E-state index in [9.17, 15) is 0 Å². The Morgan fingerprint density at radius 2 is 0.848 bits per heavy atom. The van der Waals surface area contributed by atoms with Crippen molar-refractivity contribution in [1.82, 2.24) is 0 Å². The summed E-state index contributed by atoms with van der Waals surface area (Å²) in [5.74, 6) is 0. The van der Waals surface area contributed by atoms with Gasteiger partial charge in [-0.2, -0.15) is 0 Å². The number of hydrogen-bond acceptors (Lipinski definition) is 3. The highest BCUT2D eigenvalue weighted by atomic mass is 16.3. The number of nitrogens with zero attached hydrogens (tertiary/aromatic N) is 1. The Hall–Kier alpha value is -8.40. The van der Waals surface area contributed by atoms with Crippen molar-refractivity contribution in [2.45, 2.75) is 19.3 Å². The molecule has 2 heterocycles. The standard InChI is InChI=1S/C63H41NO2/c1-63(2)56-31-28-42(35-55(56)60-47-22-11-9-19-44(47)51(37-57(60)63)39-17-7-4-8-18-39)64(41-27-25-40-26-30-49-46-21-13-14-24-58(46)65-61(49)52(40)33-41)43-29-32-59-53(34-43)54-36-50(38-15-5-3-6-16-38)45-20-10-12-23-48(45)62(54)66-59/h3-37H,1-2H3. The van der Waals surface area contributed by atoms with Crippen molar-refractivity contribution in [3.63, 3.8) is 0 Å². The predicted octanol–water partition coefficient (Wildman–Crippen LogP) is 18.1. The van der Waals surface area contributed by atoms with Gasteiger partial charge in [0.05, 0.1) is 0 Å². The number of rotatable bonds is 5. The first-order valence-electron chi connectivity index (χ1n) is 22.8. The van der Waals surface area contributed by atoms with Crippen LogP contribution in [0.25, 0.3) is 110 Å².